The molecule has 27 heavy (non-hydrogen) atoms. The lowest BCUT2D eigenvalue weighted by Gasteiger charge is -2.19. The number of rotatable bonds is 7. The van der Waals surface area contributed by atoms with Gasteiger partial charge in [0.25, 0.3) is 0 Å². The summed E-state index contributed by atoms with van der Waals surface area (Å²) in [5.74, 6) is 0. The van der Waals surface area contributed by atoms with E-state index in [1.807, 2.05) is 18.2 Å². The highest BCUT2D eigenvalue weighted by Crippen LogP contribution is 2.25. The molecule has 0 amide bonds. The van der Waals surface area contributed by atoms with Gasteiger partial charge in [0.1, 0.15) is 0 Å². The van der Waals surface area contributed by atoms with E-state index in [2.05, 4.69) is 23.0 Å². The Balaban J connectivity index is 1.52. The molecule has 2 atom stereocenters. The number of aryl methyl sites for hydroxylation is 1. The van der Waals surface area contributed by atoms with Crippen molar-refractivity contribution in [3.63, 3.8) is 0 Å². The van der Waals surface area contributed by atoms with Crippen molar-refractivity contribution >= 4 is 21.6 Å². The summed E-state index contributed by atoms with van der Waals surface area (Å²) in [5.41, 5.74) is 8.64. The van der Waals surface area contributed by atoms with Crippen LogP contribution in [0.3, 0.4) is 0 Å². The molecule has 146 valence electrons. The van der Waals surface area contributed by atoms with E-state index in [1.54, 1.807) is 26.1 Å². The van der Waals surface area contributed by atoms with Crippen LogP contribution < -0.4 is 10.9 Å². The molecule has 3 rings (SSSR count). The maximum Gasteiger partial charge on any atom is 0.243 e. The third kappa shape index (κ3) is 4.89. The highest BCUT2D eigenvalue weighted by molar-refractivity contribution is 7.89. The van der Waals surface area contributed by atoms with Gasteiger partial charge in [-0.1, -0.05) is 48.0 Å². The lowest BCUT2D eigenvalue weighted by Crippen LogP contribution is -2.32. The van der Waals surface area contributed by atoms with E-state index in [9.17, 15) is 8.42 Å². The highest BCUT2D eigenvalue weighted by Gasteiger charge is 2.26. The second-order valence-electron chi connectivity index (χ2n) is 7.06. The Kier molecular flexibility index (Phi) is 6.55. The number of hydrogen-bond acceptors (Lipinski definition) is 4. The van der Waals surface area contributed by atoms with Crippen LogP contribution in [0.25, 0.3) is 0 Å². The zero-order chi connectivity index (χ0) is 19.4. The van der Waals surface area contributed by atoms with E-state index in [-0.39, 0.29) is 4.90 Å². The van der Waals surface area contributed by atoms with E-state index < -0.39 is 10.0 Å². The molecule has 1 saturated heterocycles. The summed E-state index contributed by atoms with van der Waals surface area (Å²) in [6, 6.07) is 15.9. The first-order chi connectivity index (χ1) is 12.9. The van der Waals surface area contributed by atoms with E-state index in [4.69, 9.17) is 11.6 Å². The summed E-state index contributed by atoms with van der Waals surface area (Å²) in [6.07, 6.45) is 2.69. The van der Waals surface area contributed by atoms with Crippen LogP contribution in [0.1, 0.15) is 36.4 Å². The number of hydrogen-bond donors (Lipinski definition) is 2. The fourth-order valence-corrected chi connectivity index (χ4v) is 5.11. The Hall–Kier alpha value is -1.44. The molecule has 2 unspecified atom stereocenters. The van der Waals surface area contributed by atoms with Crippen LogP contribution in [0.5, 0.6) is 0 Å². The molecule has 5 nitrogen and oxygen atoms in total. The predicted molar refractivity (Wildman–Crippen MR) is 109 cm³/mol. The summed E-state index contributed by atoms with van der Waals surface area (Å²) in [4.78, 5) is 0.280. The number of nitrogens with one attached hydrogen (secondary N) is 2. The topological polar surface area (TPSA) is 61.4 Å². The molecule has 0 spiro atoms. The van der Waals surface area contributed by atoms with Crippen LogP contribution in [0, 0.1) is 6.92 Å². The molecule has 2 aromatic carbocycles. The number of halogens is 1. The minimum atomic E-state index is -3.53. The lowest BCUT2D eigenvalue weighted by atomic mass is 10.00. The number of hydrazine groups is 1. The minimum absolute atomic E-state index is 0.280. The fourth-order valence-electron chi connectivity index (χ4n) is 3.42. The molecule has 2 aromatic rings. The van der Waals surface area contributed by atoms with Crippen LogP contribution in [0.15, 0.2) is 53.4 Å². The van der Waals surface area contributed by atoms with Crippen molar-refractivity contribution in [3.8, 4) is 0 Å². The highest BCUT2D eigenvalue weighted by atomic mass is 35.5. The maximum atomic E-state index is 12.8. The van der Waals surface area contributed by atoms with Crippen LogP contribution in [-0.2, 0) is 10.0 Å². The van der Waals surface area contributed by atoms with Gasteiger partial charge in [-0.2, -0.15) is 0 Å². The Morgan fingerprint density at radius 1 is 1.15 bits per heavy atom. The Morgan fingerprint density at radius 3 is 2.63 bits per heavy atom. The van der Waals surface area contributed by atoms with Gasteiger partial charge < -0.3 is 0 Å². The van der Waals surface area contributed by atoms with Crippen LogP contribution in [0.4, 0.5) is 0 Å². The first kappa shape index (κ1) is 20.3. The second-order valence-corrected chi connectivity index (χ2v) is 9.51. The quantitative estimate of drug-likeness (QED) is 0.735. The van der Waals surface area contributed by atoms with Gasteiger partial charge in [0, 0.05) is 30.7 Å². The predicted octanol–water partition coefficient (Wildman–Crippen LogP) is 3.66. The molecule has 0 bridgehead atoms. The molecule has 1 aliphatic heterocycles. The molecular weight excluding hydrogens is 382 g/mol. The van der Waals surface area contributed by atoms with Crippen molar-refractivity contribution in [3.05, 3.63) is 64.7 Å². The van der Waals surface area contributed by atoms with E-state index in [0.717, 1.165) is 19.3 Å². The molecule has 2 N–H and O–H groups in total. The zero-order valence-electron chi connectivity index (χ0n) is 15.7. The van der Waals surface area contributed by atoms with Gasteiger partial charge in [0.2, 0.25) is 10.0 Å². The molecule has 0 aliphatic carbocycles. The van der Waals surface area contributed by atoms with Gasteiger partial charge in [-0.05, 0) is 49.4 Å². The van der Waals surface area contributed by atoms with Gasteiger partial charge in [0.15, 0.2) is 0 Å². The van der Waals surface area contributed by atoms with Crippen LogP contribution in [-0.4, -0.2) is 32.4 Å². The fraction of sp³-hybridized carbons (Fsp3) is 0.400. The van der Waals surface area contributed by atoms with Crippen LogP contribution in [0.2, 0.25) is 5.02 Å². The number of sulfonamides is 1. The van der Waals surface area contributed by atoms with E-state index in [0.29, 0.717) is 29.2 Å². The third-order valence-electron chi connectivity index (χ3n) is 5.05. The molecule has 7 heteroatoms. The molecule has 0 saturated carbocycles. The average Bonchev–Trinajstić information content (AvgIpc) is 3.13. The van der Waals surface area contributed by atoms with Crippen molar-refractivity contribution in [1.82, 2.24) is 15.2 Å². The minimum Gasteiger partial charge on any atom is -0.254 e. The Bertz CT molecular complexity index is 874. The monoisotopic (exact) mass is 407 g/mol. The maximum absolute atomic E-state index is 12.8. The van der Waals surface area contributed by atoms with Gasteiger partial charge in [-0.25, -0.2) is 12.7 Å². The second kappa shape index (κ2) is 8.71. The van der Waals surface area contributed by atoms with Crippen molar-refractivity contribution in [2.45, 2.75) is 43.2 Å². The first-order valence-corrected chi connectivity index (χ1v) is 11.0. The Morgan fingerprint density at radius 2 is 1.89 bits per heavy atom. The molecule has 0 radical (unpaired) electrons. The van der Waals surface area contributed by atoms with Gasteiger partial charge in [-0.15, -0.1) is 0 Å². The summed E-state index contributed by atoms with van der Waals surface area (Å²) < 4.78 is 27.0. The van der Waals surface area contributed by atoms with Crippen molar-refractivity contribution in [1.29, 1.82) is 0 Å². The normalized spacial score (nSPS) is 20.3. The number of nitrogens with zero attached hydrogens (tertiary/aromatic N) is 1. The first-order valence-electron chi connectivity index (χ1n) is 9.16. The van der Waals surface area contributed by atoms with Gasteiger partial charge in [0.05, 0.1) is 4.90 Å². The van der Waals surface area contributed by atoms with E-state index >= 15 is 0 Å². The largest absolute Gasteiger partial charge is 0.254 e. The standard InChI is InChI=1S/C20H26ClN3O2S/c1-15-10-11-17(21)13-20(15)27(25,26)24(2)12-6-9-18-14-19(23-22-18)16-7-4-3-5-8-16/h3-5,7-8,10-11,13,18-19,22-23H,6,9,12,14H2,1-2H3. The summed E-state index contributed by atoms with van der Waals surface area (Å²) in [5, 5.41) is 0.431. The molecule has 1 fully saturated rings. The van der Waals surface area contributed by atoms with Crippen molar-refractivity contribution in [2.75, 3.05) is 13.6 Å². The van der Waals surface area contributed by atoms with Crippen LogP contribution >= 0.6 is 11.6 Å². The summed E-state index contributed by atoms with van der Waals surface area (Å²) in [7, 11) is -1.90. The van der Waals surface area contributed by atoms with Gasteiger partial charge >= 0.3 is 0 Å². The van der Waals surface area contributed by atoms with E-state index in [1.165, 1.54) is 15.9 Å². The smallest absolute Gasteiger partial charge is 0.243 e. The van der Waals surface area contributed by atoms with Crippen molar-refractivity contribution in [2.24, 2.45) is 0 Å². The number of benzene rings is 2. The molecular formula is C20H26ClN3O2S. The molecule has 0 aromatic heterocycles. The zero-order valence-corrected chi connectivity index (χ0v) is 17.2. The summed E-state index contributed by atoms with van der Waals surface area (Å²) >= 11 is 5.98. The molecule has 1 heterocycles. The average molecular weight is 408 g/mol. The van der Waals surface area contributed by atoms with Crippen molar-refractivity contribution < 1.29 is 8.42 Å². The lowest BCUT2D eigenvalue weighted by molar-refractivity contribution is 0.428. The summed E-state index contributed by atoms with van der Waals surface area (Å²) in [6.45, 7) is 2.26. The van der Waals surface area contributed by atoms with Gasteiger partial charge in [-0.3, -0.25) is 10.9 Å². The third-order valence-corrected chi connectivity index (χ3v) is 7.28. The Labute approximate surface area is 166 Å². The molecule has 1 aliphatic rings. The SMILES string of the molecule is Cc1ccc(Cl)cc1S(=O)(=O)N(C)CCCC1CC(c2ccccc2)NN1.